The normalized spacial score (nSPS) is 19.3. The second kappa shape index (κ2) is 21.0. The van der Waals surface area contributed by atoms with Crippen LogP contribution in [-0.2, 0) is 49.6 Å². The molecule has 5 rings (SSSR count). The number of hydrogen-bond donors (Lipinski definition) is 4. The van der Waals surface area contributed by atoms with Crippen LogP contribution in [0.3, 0.4) is 0 Å². The molecule has 0 spiro atoms. The minimum Gasteiger partial charge on any atom is -0.507 e. The van der Waals surface area contributed by atoms with Crippen molar-refractivity contribution in [2.45, 2.75) is 168 Å². The molecule has 2 aliphatic heterocycles. The van der Waals surface area contributed by atoms with Gasteiger partial charge in [0.05, 0.1) is 38.3 Å². The molecule has 0 bridgehead atoms. The summed E-state index contributed by atoms with van der Waals surface area (Å²) in [6, 6.07) is 8.69. The third kappa shape index (κ3) is 14.0. The molecule has 58 heavy (non-hydrogen) atoms. The van der Waals surface area contributed by atoms with Crippen LogP contribution in [-0.4, -0.2) is 98.4 Å². The van der Waals surface area contributed by atoms with Crippen molar-refractivity contribution in [1.82, 2.24) is 4.90 Å². The van der Waals surface area contributed by atoms with Crippen LogP contribution in [0.15, 0.2) is 34.3 Å². The molecular formula is C47H71CrN4O6+. The van der Waals surface area contributed by atoms with E-state index in [4.69, 9.17) is 20.2 Å². The van der Waals surface area contributed by atoms with Gasteiger partial charge in [0.25, 0.3) is 0 Å². The van der Waals surface area contributed by atoms with E-state index in [9.17, 15) is 19.8 Å². The second-order valence-corrected chi connectivity index (χ2v) is 19.4. The van der Waals surface area contributed by atoms with Gasteiger partial charge in [0, 0.05) is 59.3 Å². The number of aliphatic carboxylic acids is 2. The molecule has 3 aliphatic rings. The van der Waals surface area contributed by atoms with Crippen LogP contribution in [0.5, 0.6) is 11.5 Å². The summed E-state index contributed by atoms with van der Waals surface area (Å²) in [6.07, 6.45) is 15.5. The molecule has 2 aromatic carbocycles. The Hall–Kier alpha value is -3.68. The second-order valence-electron chi connectivity index (χ2n) is 19.4. The number of carbonyl (C=O) groups is 2. The Kier molecular flexibility index (Phi) is 17.7. The molecule has 10 nitrogen and oxygen atoms in total. The monoisotopic (exact) mass is 839 g/mol. The number of hydrogen-bond acceptors (Lipinski definition) is 7. The first-order valence-electron chi connectivity index (χ1n) is 21.2. The van der Waals surface area contributed by atoms with E-state index in [1.165, 1.54) is 56.3 Å². The SMILES string of the molecule is CC(C)(C)c1cc(C=NC2CCCCC2N=Cc2cc(C(C)(C)C)cc(C(C)(C)C)c2O)c(O)c(CCCN2CCC[N+]3=C2CCCCC3)c1.O=C(O)CC(=O)O.[Cr]. The van der Waals surface area contributed by atoms with Gasteiger partial charge < -0.3 is 20.4 Å². The molecule has 2 unspecified atom stereocenters. The van der Waals surface area contributed by atoms with Gasteiger partial charge in [-0.15, -0.1) is 0 Å². The fourth-order valence-corrected chi connectivity index (χ4v) is 8.05. The van der Waals surface area contributed by atoms with E-state index in [2.05, 4.69) is 96.1 Å². The van der Waals surface area contributed by atoms with Gasteiger partial charge >= 0.3 is 11.9 Å². The number of aromatic hydroxyl groups is 2. The third-order valence-corrected chi connectivity index (χ3v) is 11.5. The minimum absolute atomic E-state index is 0. The first-order valence-corrected chi connectivity index (χ1v) is 21.2. The first kappa shape index (κ1) is 48.7. The van der Waals surface area contributed by atoms with Crippen molar-refractivity contribution in [1.29, 1.82) is 0 Å². The molecule has 1 saturated carbocycles. The van der Waals surface area contributed by atoms with Crippen molar-refractivity contribution in [2.75, 3.05) is 26.2 Å². The van der Waals surface area contributed by atoms with Crippen molar-refractivity contribution >= 4 is 30.2 Å². The fourth-order valence-electron chi connectivity index (χ4n) is 8.05. The van der Waals surface area contributed by atoms with Gasteiger partial charge in [-0.05, 0) is 90.0 Å². The molecule has 1 aliphatic carbocycles. The molecule has 0 radical (unpaired) electrons. The van der Waals surface area contributed by atoms with E-state index in [-0.39, 0.29) is 45.7 Å². The van der Waals surface area contributed by atoms with Crippen LogP contribution in [0.1, 0.15) is 166 Å². The number of aryl methyl sites for hydroxylation is 1. The summed E-state index contributed by atoms with van der Waals surface area (Å²) in [5.41, 5.74) is 5.74. The number of phenolic OH excluding ortho intramolecular Hbond substituents is 2. The number of aliphatic imine (C=N–C) groups is 2. The van der Waals surface area contributed by atoms with Crippen LogP contribution in [0.25, 0.3) is 0 Å². The minimum atomic E-state index is -1.31. The van der Waals surface area contributed by atoms with E-state index in [0.29, 0.717) is 11.5 Å². The Balaban J connectivity index is 0.00000103. The standard InChI is InChI=1S/C44H66N4O2.C3H4O4.Cr/c1-42(2,3)34-25-31(17-15-22-48-24-16-23-47-21-14-10-11-20-39(47)48)40(49)32(26-34)29-45-37-18-12-13-19-38(37)46-30-33-27-35(43(4,5)6)28-36(41(33)50)44(7,8)9;4-2(5)1-3(6)7;/h25-30,37-38H,10-24H2,1-9H3,(H-,45,46,49,50);1H2,(H,4,5)(H,6,7);/p+1. The molecule has 2 aromatic rings. The molecule has 2 atom stereocenters. The molecule has 2 heterocycles. The predicted octanol–water partition coefficient (Wildman–Crippen LogP) is 9.01. The smallest absolute Gasteiger partial charge is 0.314 e. The summed E-state index contributed by atoms with van der Waals surface area (Å²) in [7, 11) is 0. The van der Waals surface area contributed by atoms with Crippen molar-refractivity contribution in [3.8, 4) is 11.5 Å². The van der Waals surface area contributed by atoms with Crippen LogP contribution in [0.2, 0.25) is 0 Å². The topological polar surface area (TPSA) is 146 Å². The van der Waals surface area contributed by atoms with Gasteiger partial charge in [0.15, 0.2) is 0 Å². The number of amidine groups is 1. The number of carboxylic acid groups (broad SMARTS) is 2. The van der Waals surface area contributed by atoms with Gasteiger partial charge in [0.2, 0.25) is 5.84 Å². The van der Waals surface area contributed by atoms with Gasteiger partial charge in [-0.2, -0.15) is 0 Å². The molecule has 11 heteroatoms. The van der Waals surface area contributed by atoms with Gasteiger partial charge in [-0.25, -0.2) is 0 Å². The van der Waals surface area contributed by atoms with Crippen molar-refractivity contribution < 1.29 is 52.0 Å². The van der Waals surface area contributed by atoms with Gasteiger partial charge in [-0.3, -0.25) is 29.0 Å². The summed E-state index contributed by atoms with van der Waals surface area (Å²) in [6.45, 7) is 24.4. The van der Waals surface area contributed by atoms with Crippen molar-refractivity contribution in [2.24, 2.45) is 9.98 Å². The van der Waals surface area contributed by atoms with Crippen LogP contribution < -0.4 is 0 Å². The average molecular weight is 840 g/mol. The van der Waals surface area contributed by atoms with E-state index >= 15 is 0 Å². The van der Waals surface area contributed by atoms with E-state index in [0.717, 1.165) is 73.9 Å². The molecule has 0 aromatic heterocycles. The average Bonchev–Trinajstić information content (AvgIpc) is 3.36. The maximum atomic E-state index is 11.6. The van der Waals surface area contributed by atoms with Crippen molar-refractivity contribution in [3.63, 3.8) is 0 Å². The Bertz CT molecular complexity index is 1800. The maximum absolute atomic E-state index is 11.6. The number of carboxylic acids is 2. The van der Waals surface area contributed by atoms with Crippen LogP contribution in [0, 0.1) is 0 Å². The zero-order valence-electron chi connectivity index (χ0n) is 36.7. The molecule has 0 amide bonds. The van der Waals surface area contributed by atoms with Gasteiger partial charge in [-0.1, -0.05) is 87.3 Å². The maximum Gasteiger partial charge on any atom is 0.314 e. The summed E-state index contributed by atoms with van der Waals surface area (Å²) < 4.78 is 2.64. The molecule has 1 fully saturated rings. The fraction of sp³-hybridized carbons (Fsp3) is 0.638. The van der Waals surface area contributed by atoms with Crippen LogP contribution in [0.4, 0.5) is 0 Å². The molecule has 0 saturated heterocycles. The predicted molar refractivity (Wildman–Crippen MR) is 231 cm³/mol. The number of nitrogens with zero attached hydrogens (tertiary/aromatic N) is 4. The van der Waals surface area contributed by atoms with E-state index in [1.54, 1.807) is 5.84 Å². The van der Waals surface area contributed by atoms with Crippen LogP contribution >= 0.6 is 0 Å². The summed E-state index contributed by atoms with van der Waals surface area (Å²) >= 11 is 0. The molecular weight excluding hydrogens is 769 g/mol. The Morgan fingerprint density at radius 1 is 0.724 bits per heavy atom. The Morgan fingerprint density at radius 3 is 1.78 bits per heavy atom. The molecule has 4 N–H and O–H groups in total. The zero-order chi connectivity index (χ0) is 42.1. The Labute approximate surface area is 358 Å². The first-order chi connectivity index (χ1) is 26.6. The summed E-state index contributed by atoms with van der Waals surface area (Å²) in [5.74, 6) is -0.365. The molecule has 320 valence electrons. The quantitative estimate of drug-likeness (QED) is 0.106. The number of benzene rings is 2. The number of rotatable bonds is 10. The van der Waals surface area contributed by atoms with Gasteiger partial charge in [0.1, 0.15) is 17.9 Å². The third-order valence-electron chi connectivity index (χ3n) is 11.5. The Morgan fingerprint density at radius 2 is 1.26 bits per heavy atom. The van der Waals surface area contributed by atoms with E-state index in [1.807, 2.05) is 12.4 Å². The van der Waals surface area contributed by atoms with E-state index < -0.39 is 18.4 Å². The zero-order valence-corrected chi connectivity index (χ0v) is 38.0. The summed E-state index contributed by atoms with van der Waals surface area (Å²) in [5, 5.41) is 38.4. The summed E-state index contributed by atoms with van der Waals surface area (Å²) in [4.78, 5) is 31.7. The largest absolute Gasteiger partial charge is 0.507 e. The van der Waals surface area contributed by atoms with Crippen molar-refractivity contribution in [3.05, 3.63) is 57.6 Å². The number of phenols is 2.